The molecule has 0 saturated carbocycles. The first-order chi connectivity index (χ1) is 18.5. The Balaban J connectivity index is 1.64. The van der Waals surface area contributed by atoms with Crippen LogP contribution in [0.1, 0.15) is 31.0 Å². The molecule has 0 radical (unpaired) electrons. The van der Waals surface area contributed by atoms with Crippen molar-refractivity contribution < 1.29 is 9.53 Å². The number of ether oxygens (including phenoxy) is 1. The molecular formula is C31H23BrN2O3S. The highest BCUT2D eigenvalue weighted by molar-refractivity contribution is 9.10. The molecule has 188 valence electrons. The number of halogens is 1. The predicted molar refractivity (Wildman–Crippen MR) is 156 cm³/mol. The number of fused-ring (bicyclic) bond motifs is 3. The van der Waals surface area contributed by atoms with E-state index < -0.39 is 12.0 Å². The Kier molecular flexibility index (Phi) is 6.33. The number of carbonyl (C=O) groups is 1. The second-order valence-corrected chi connectivity index (χ2v) is 11.0. The highest BCUT2D eigenvalue weighted by Crippen LogP contribution is 2.32. The average molecular weight is 584 g/mol. The summed E-state index contributed by atoms with van der Waals surface area (Å²) in [6, 6.07) is 25.6. The highest BCUT2D eigenvalue weighted by Gasteiger charge is 2.33. The van der Waals surface area contributed by atoms with Crippen LogP contribution in [-0.2, 0) is 9.53 Å². The van der Waals surface area contributed by atoms with Crippen molar-refractivity contribution in [1.29, 1.82) is 0 Å². The lowest BCUT2D eigenvalue weighted by Gasteiger charge is -2.24. The molecule has 1 aromatic heterocycles. The molecule has 0 saturated heterocycles. The number of hydrogen-bond donors (Lipinski definition) is 0. The molecule has 1 atom stereocenters. The molecule has 0 unspecified atom stereocenters. The first-order valence-electron chi connectivity index (χ1n) is 12.3. The van der Waals surface area contributed by atoms with Gasteiger partial charge >= 0.3 is 5.97 Å². The van der Waals surface area contributed by atoms with E-state index in [9.17, 15) is 9.59 Å². The van der Waals surface area contributed by atoms with E-state index in [1.807, 2.05) is 54.6 Å². The van der Waals surface area contributed by atoms with Crippen LogP contribution in [0, 0.1) is 0 Å². The van der Waals surface area contributed by atoms with E-state index in [4.69, 9.17) is 9.73 Å². The molecule has 1 aliphatic rings. The van der Waals surface area contributed by atoms with Gasteiger partial charge in [0.25, 0.3) is 5.56 Å². The van der Waals surface area contributed by atoms with E-state index in [-0.39, 0.29) is 12.2 Å². The van der Waals surface area contributed by atoms with Gasteiger partial charge in [-0.1, -0.05) is 87.9 Å². The van der Waals surface area contributed by atoms with Gasteiger partial charge < -0.3 is 4.74 Å². The zero-order valence-corrected chi connectivity index (χ0v) is 23.2. The molecular weight excluding hydrogens is 560 g/mol. The highest BCUT2D eigenvalue weighted by atomic mass is 79.9. The maximum Gasteiger partial charge on any atom is 0.338 e. The van der Waals surface area contributed by atoms with Crippen LogP contribution in [0.25, 0.3) is 27.6 Å². The number of esters is 1. The van der Waals surface area contributed by atoms with Gasteiger partial charge in [-0.05, 0) is 70.8 Å². The summed E-state index contributed by atoms with van der Waals surface area (Å²) in [7, 11) is 0. The third-order valence-electron chi connectivity index (χ3n) is 6.79. The normalized spacial score (nSPS) is 15.6. The molecule has 38 heavy (non-hydrogen) atoms. The number of carbonyl (C=O) groups excluding carboxylic acids is 1. The van der Waals surface area contributed by atoms with Crippen molar-refractivity contribution in [3.63, 3.8) is 0 Å². The average Bonchev–Trinajstić information content (AvgIpc) is 3.22. The standard InChI is InChI=1S/C31H23BrN2O3S/c1-3-37-30(36)27-18(2)33-31-34(28(27)19-12-14-22(32)15-13-19)29(35)26(38-31)17-25-23-10-6-4-8-20(23)16-21-9-5-7-11-24(21)25/h4-17,28H,3H2,1-2H3/b26-17+/t28-/m1/s1. The topological polar surface area (TPSA) is 60.7 Å². The van der Waals surface area contributed by atoms with Crippen molar-refractivity contribution in [3.8, 4) is 0 Å². The molecule has 0 bridgehead atoms. The number of aromatic nitrogens is 1. The molecule has 5 nitrogen and oxygen atoms in total. The van der Waals surface area contributed by atoms with Crippen LogP contribution in [0.3, 0.4) is 0 Å². The monoisotopic (exact) mass is 582 g/mol. The fourth-order valence-electron chi connectivity index (χ4n) is 5.09. The maximum atomic E-state index is 14.1. The second kappa shape index (κ2) is 9.82. The third-order valence-corrected chi connectivity index (χ3v) is 8.30. The van der Waals surface area contributed by atoms with Gasteiger partial charge in [0.15, 0.2) is 4.80 Å². The van der Waals surface area contributed by atoms with Crippen LogP contribution in [0.4, 0.5) is 0 Å². The predicted octanol–water partition coefficient (Wildman–Crippen LogP) is 5.87. The summed E-state index contributed by atoms with van der Waals surface area (Å²) in [4.78, 5) is 32.4. The number of hydrogen-bond acceptors (Lipinski definition) is 5. The molecule has 5 aromatic rings. The number of allylic oxidation sites excluding steroid dienone is 1. The number of benzene rings is 4. The van der Waals surface area contributed by atoms with Crippen LogP contribution < -0.4 is 14.9 Å². The SMILES string of the molecule is CCOC(=O)C1=C(C)N=c2s/c(=C/c3c4ccccc4cc4ccccc34)c(=O)n2[C@@H]1c1ccc(Br)cc1. The molecule has 1 aliphatic heterocycles. The van der Waals surface area contributed by atoms with Gasteiger partial charge in [0.05, 0.1) is 28.5 Å². The van der Waals surface area contributed by atoms with Crippen molar-refractivity contribution in [3.05, 3.63) is 125 Å². The van der Waals surface area contributed by atoms with E-state index in [0.29, 0.717) is 20.6 Å². The Bertz CT molecular complexity index is 1900. The smallest absolute Gasteiger partial charge is 0.338 e. The van der Waals surface area contributed by atoms with Crippen molar-refractivity contribution in [2.24, 2.45) is 4.99 Å². The van der Waals surface area contributed by atoms with Gasteiger partial charge in [0.1, 0.15) is 0 Å². The Hall–Kier alpha value is -3.81. The Morgan fingerprint density at radius 3 is 2.29 bits per heavy atom. The van der Waals surface area contributed by atoms with Crippen LogP contribution >= 0.6 is 27.3 Å². The van der Waals surface area contributed by atoms with Crippen LogP contribution in [0.5, 0.6) is 0 Å². The minimum Gasteiger partial charge on any atom is -0.463 e. The summed E-state index contributed by atoms with van der Waals surface area (Å²) in [5, 5.41) is 4.37. The van der Waals surface area contributed by atoms with Crippen LogP contribution in [0.15, 0.2) is 104 Å². The zero-order chi connectivity index (χ0) is 26.4. The summed E-state index contributed by atoms with van der Waals surface area (Å²) in [5.41, 5.74) is 2.55. The lowest BCUT2D eigenvalue weighted by Crippen LogP contribution is -2.39. The Labute approximate surface area is 231 Å². The quantitative estimate of drug-likeness (QED) is 0.197. The molecule has 4 aromatic carbocycles. The van der Waals surface area contributed by atoms with Gasteiger partial charge in [0.2, 0.25) is 0 Å². The number of rotatable bonds is 4. The van der Waals surface area contributed by atoms with Crippen LogP contribution in [-0.4, -0.2) is 17.1 Å². The molecule has 0 aliphatic carbocycles. The minimum absolute atomic E-state index is 0.187. The van der Waals surface area contributed by atoms with Gasteiger partial charge in [-0.15, -0.1) is 0 Å². The first-order valence-corrected chi connectivity index (χ1v) is 13.9. The molecule has 2 heterocycles. The third kappa shape index (κ3) is 4.12. The van der Waals surface area contributed by atoms with Crippen molar-refractivity contribution >= 4 is 60.9 Å². The van der Waals surface area contributed by atoms with E-state index in [1.165, 1.54) is 11.3 Å². The first kappa shape index (κ1) is 24.5. The molecule has 6 rings (SSSR count). The molecule has 0 spiro atoms. The fourth-order valence-corrected chi connectivity index (χ4v) is 6.38. The van der Waals surface area contributed by atoms with Gasteiger partial charge in [-0.25, -0.2) is 9.79 Å². The summed E-state index contributed by atoms with van der Waals surface area (Å²) >= 11 is 4.82. The summed E-state index contributed by atoms with van der Waals surface area (Å²) < 4.78 is 8.50. The number of nitrogens with zero attached hydrogens (tertiary/aromatic N) is 2. The van der Waals surface area contributed by atoms with Crippen LogP contribution in [0.2, 0.25) is 0 Å². The largest absolute Gasteiger partial charge is 0.463 e. The summed E-state index contributed by atoms with van der Waals surface area (Å²) in [6.07, 6.45) is 1.97. The lowest BCUT2D eigenvalue weighted by atomic mass is 9.96. The summed E-state index contributed by atoms with van der Waals surface area (Å²) in [5.74, 6) is -0.462. The molecule has 7 heteroatoms. The zero-order valence-electron chi connectivity index (χ0n) is 20.8. The van der Waals surface area contributed by atoms with Crippen molar-refractivity contribution in [2.75, 3.05) is 6.61 Å². The second-order valence-electron chi connectivity index (χ2n) is 9.09. The van der Waals surface area contributed by atoms with Crippen molar-refractivity contribution in [2.45, 2.75) is 19.9 Å². The molecule has 0 fully saturated rings. The Morgan fingerprint density at radius 2 is 1.66 bits per heavy atom. The van der Waals surface area contributed by atoms with Gasteiger partial charge in [-0.3, -0.25) is 9.36 Å². The maximum absolute atomic E-state index is 14.1. The van der Waals surface area contributed by atoms with Gasteiger partial charge in [-0.2, -0.15) is 0 Å². The molecule has 0 amide bonds. The van der Waals surface area contributed by atoms with E-state index in [1.54, 1.807) is 18.4 Å². The fraction of sp³-hybridized carbons (Fsp3) is 0.129. The number of thiazole rings is 1. The molecule has 0 N–H and O–H groups in total. The minimum atomic E-state index is -0.634. The summed E-state index contributed by atoms with van der Waals surface area (Å²) in [6.45, 7) is 3.81. The Morgan fingerprint density at radius 1 is 1.03 bits per heavy atom. The van der Waals surface area contributed by atoms with Gasteiger partial charge in [0, 0.05) is 4.47 Å². The lowest BCUT2D eigenvalue weighted by molar-refractivity contribution is -0.139. The van der Waals surface area contributed by atoms with E-state index in [2.05, 4.69) is 46.3 Å². The van der Waals surface area contributed by atoms with Crippen molar-refractivity contribution in [1.82, 2.24) is 4.57 Å². The van der Waals surface area contributed by atoms with E-state index in [0.717, 1.165) is 37.1 Å². The van der Waals surface area contributed by atoms with E-state index >= 15 is 0 Å².